The van der Waals surface area contributed by atoms with Gasteiger partial charge in [0, 0.05) is 18.1 Å². The van der Waals surface area contributed by atoms with Gasteiger partial charge in [0.15, 0.2) is 0 Å². The summed E-state index contributed by atoms with van der Waals surface area (Å²) in [7, 11) is 1.47. The molecule has 0 spiro atoms. The van der Waals surface area contributed by atoms with E-state index >= 15 is 0 Å². The van der Waals surface area contributed by atoms with Crippen molar-refractivity contribution < 1.29 is 19.2 Å². The molecule has 1 fully saturated rings. The van der Waals surface area contributed by atoms with Gasteiger partial charge in [0.25, 0.3) is 5.91 Å². The van der Waals surface area contributed by atoms with E-state index in [2.05, 4.69) is 10.6 Å². The van der Waals surface area contributed by atoms with Gasteiger partial charge in [0.1, 0.15) is 12.1 Å². The molecule has 1 aliphatic heterocycles. The predicted octanol–water partition coefficient (Wildman–Crippen LogP) is 3.09. The van der Waals surface area contributed by atoms with Gasteiger partial charge in [-0.25, -0.2) is 4.79 Å². The molecular weight excluding hydrogens is 432 g/mol. The van der Waals surface area contributed by atoms with Gasteiger partial charge in [-0.3, -0.25) is 19.3 Å². The van der Waals surface area contributed by atoms with Crippen molar-refractivity contribution in [2.24, 2.45) is 0 Å². The third kappa shape index (κ3) is 4.22. The van der Waals surface area contributed by atoms with Crippen molar-refractivity contribution in [1.29, 1.82) is 0 Å². The molecule has 8 heteroatoms. The normalized spacial score (nSPS) is 17.5. The Balaban J connectivity index is 1.42. The minimum absolute atomic E-state index is 0.219. The third-order valence-corrected chi connectivity index (χ3v) is 6.14. The van der Waals surface area contributed by atoms with Crippen LogP contribution in [-0.2, 0) is 19.9 Å². The first-order valence-corrected chi connectivity index (χ1v) is 11.1. The molecule has 1 atom stereocenters. The molecular formula is C26H26N4O4. The average Bonchev–Trinajstić information content (AvgIpc) is 3.09. The van der Waals surface area contributed by atoms with E-state index in [4.69, 9.17) is 0 Å². The highest BCUT2D eigenvalue weighted by Gasteiger charge is 2.51. The number of urea groups is 1. The Kier molecular flexibility index (Phi) is 6.32. The summed E-state index contributed by atoms with van der Waals surface area (Å²) in [5.74, 6) is -1.37. The summed E-state index contributed by atoms with van der Waals surface area (Å²) >= 11 is 0. The summed E-state index contributed by atoms with van der Waals surface area (Å²) in [6.07, 6.45) is 0.343. The van der Waals surface area contributed by atoms with E-state index in [1.807, 2.05) is 42.5 Å². The van der Waals surface area contributed by atoms with Crippen LogP contribution < -0.4 is 10.6 Å². The number of likely N-dealkylation sites (N-methyl/N-ethyl adjacent to an activating group) is 1. The lowest BCUT2D eigenvalue weighted by Gasteiger charge is -2.26. The highest BCUT2D eigenvalue weighted by molar-refractivity contribution is 6.09. The molecule has 8 nitrogen and oxygen atoms in total. The predicted molar refractivity (Wildman–Crippen MR) is 129 cm³/mol. The van der Waals surface area contributed by atoms with Crippen LogP contribution in [-0.4, -0.2) is 53.7 Å². The van der Waals surface area contributed by atoms with Crippen LogP contribution in [0.4, 0.5) is 10.5 Å². The number of hydrogen-bond donors (Lipinski definition) is 2. The summed E-state index contributed by atoms with van der Waals surface area (Å²) in [6, 6.07) is 21.6. The van der Waals surface area contributed by atoms with Crippen molar-refractivity contribution in [1.82, 2.24) is 15.1 Å². The molecule has 3 aromatic rings. The van der Waals surface area contributed by atoms with Crippen molar-refractivity contribution in [3.63, 3.8) is 0 Å². The molecule has 0 unspecified atom stereocenters. The van der Waals surface area contributed by atoms with Crippen molar-refractivity contribution >= 4 is 40.2 Å². The van der Waals surface area contributed by atoms with Crippen LogP contribution in [0.25, 0.3) is 10.8 Å². The quantitative estimate of drug-likeness (QED) is 0.532. The Morgan fingerprint density at radius 2 is 1.65 bits per heavy atom. The van der Waals surface area contributed by atoms with Crippen LogP contribution in [0.15, 0.2) is 72.8 Å². The molecule has 0 aliphatic carbocycles. The van der Waals surface area contributed by atoms with Crippen LogP contribution in [0.2, 0.25) is 0 Å². The van der Waals surface area contributed by atoms with Crippen molar-refractivity contribution in [2.45, 2.75) is 18.9 Å². The Morgan fingerprint density at radius 1 is 0.971 bits per heavy atom. The van der Waals surface area contributed by atoms with Gasteiger partial charge >= 0.3 is 6.03 Å². The number of nitrogens with one attached hydrogen (secondary N) is 2. The second-order valence-corrected chi connectivity index (χ2v) is 8.27. The topological polar surface area (TPSA) is 98.8 Å². The highest BCUT2D eigenvalue weighted by Crippen LogP contribution is 2.32. The van der Waals surface area contributed by atoms with Crippen LogP contribution in [0, 0.1) is 0 Å². The zero-order chi connectivity index (χ0) is 24.3. The fourth-order valence-electron chi connectivity index (χ4n) is 4.22. The lowest BCUT2D eigenvalue weighted by atomic mass is 9.87. The number of benzene rings is 3. The number of imide groups is 1. The SMILES string of the molecule is CC[C@@]1(c2ccccc2)NC(=O)N(CC(=O)N(C)CC(=O)Nc2cccc3ccccc23)C1=O. The van der Waals surface area contributed by atoms with Crippen molar-refractivity contribution in [3.8, 4) is 0 Å². The fourth-order valence-corrected chi connectivity index (χ4v) is 4.22. The average molecular weight is 459 g/mol. The van der Waals surface area contributed by atoms with Crippen LogP contribution in [0.3, 0.4) is 0 Å². The van der Waals surface area contributed by atoms with Gasteiger partial charge in [0.05, 0.1) is 6.54 Å². The van der Waals surface area contributed by atoms with Gasteiger partial charge in [-0.2, -0.15) is 0 Å². The molecule has 0 bridgehead atoms. The maximum absolute atomic E-state index is 13.2. The van der Waals surface area contributed by atoms with Gasteiger partial charge in [-0.15, -0.1) is 0 Å². The summed E-state index contributed by atoms with van der Waals surface area (Å²) in [5, 5.41) is 7.47. The van der Waals surface area contributed by atoms with Crippen LogP contribution >= 0.6 is 0 Å². The number of fused-ring (bicyclic) bond motifs is 1. The third-order valence-electron chi connectivity index (χ3n) is 6.14. The molecule has 2 N–H and O–H groups in total. The number of rotatable bonds is 7. The summed E-state index contributed by atoms with van der Waals surface area (Å²) in [4.78, 5) is 53.4. The molecule has 0 radical (unpaired) electrons. The van der Waals surface area contributed by atoms with Gasteiger partial charge in [0.2, 0.25) is 11.8 Å². The minimum atomic E-state index is -1.21. The van der Waals surface area contributed by atoms with Crippen molar-refractivity contribution in [3.05, 3.63) is 78.4 Å². The molecule has 1 heterocycles. The summed E-state index contributed by atoms with van der Waals surface area (Å²) in [5.41, 5.74) is 0.102. The summed E-state index contributed by atoms with van der Waals surface area (Å²) < 4.78 is 0. The first-order chi connectivity index (χ1) is 16.4. The molecule has 34 heavy (non-hydrogen) atoms. The molecule has 0 saturated carbocycles. The summed E-state index contributed by atoms with van der Waals surface area (Å²) in [6.45, 7) is 1.14. The number of carbonyl (C=O) groups excluding carboxylic acids is 4. The standard InChI is InChI=1S/C26H26N4O4/c1-3-26(19-12-5-4-6-13-19)24(33)30(25(34)28-26)17-23(32)29(2)16-22(31)27-21-15-9-11-18-10-7-8-14-20(18)21/h4-15H,3,16-17H2,1-2H3,(H,27,31)(H,28,34)/t26-/m0/s1. The highest BCUT2D eigenvalue weighted by atomic mass is 16.2. The smallest absolute Gasteiger partial charge is 0.325 e. The molecule has 174 valence electrons. The number of anilines is 1. The van der Waals surface area contributed by atoms with E-state index < -0.39 is 29.9 Å². The maximum Gasteiger partial charge on any atom is 0.325 e. The van der Waals surface area contributed by atoms with Gasteiger partial charge < -0.3 is 15.5 Å². The monoisotopic (exact) mass is 458 g/mol. The minimum Gasteiger partial charge on any atom is -0.335 e. The van der Waals surface area contributed by atoms with E-state index in [-0.39, 0.29) is 12.5 Å². The van der Waals surface area contributed by atoms with E-state index in [0.717, 1.165) is 15.7 Å². The zero-order valence-electron chi connectivity index (χ0n) is 19.1. The van der Waals surface area contributed by atoms with Gasteiger partial charge in [-0.1, -0.05) is 73.7 Å². The Hall–Kier alpha value is -4.20. The lowest BCUT2D eigenvalue weighted by Crippen LogP contribution is -2.46. The van der Waals surface area contributed by atoms with E-state index in [1.165, 1.54) is 11.9 Å². The van der Waals surface area contributed by atoms with E-state index in [1.54, 1.807) is 37.3 Å². The number of carbonyl (C=O) groups is 4. The Bertz CT molecular complexity index is 1250. The fraction of sp³-hybridized carbons (Fsp3) is 0.231. The molecule has 5 amide bonds. The Labute approximate surface area is 197 Å². The number of hydrogen-bond acceptors (Lipinski definition) is 4. The first kappa shape index (κ1) is 23.0. The van der Waals surface area contributed by atoms with E-state index in [0.29, 0.717) is 17.7 Å². The lowest BCUT2D eigenvalue weighted by molar-refractivity contribution is -0.139. The zero-order valence-corrected chi connectivity index (χ0v) is 19.1. The largest absolute Gasteiger partial charge is 0.335 e. The second-order valence-electron chi connectivity index (χ2n) is 8.27. The molecule has 0 aromatic heterocycles. The van der Waals surface area contributed by atoms with Crippen LogP contribution in [0.1, 0.15) is 18.9 Å². The van der Waals surface area contributed by atoms with E-state index in [9.17, 15) is 19.2 Å². The maximum atomic E-state index is 13.2. The van der Waals surface area contributed by atoms with Gasteiger partial charge in [-0.05, 0) is 23.4 Å². The first-order valence-electron chi connectivity index (χ1n) is 11.1. The second kappa shape index (κ2) is 9.35. The Morgan fingerprint density at radius 3 is 2.38 bits per heavy atom. The number of amides is 5. The molecule has 3 aromatic carbocycles. The van der Waals surface area contributed by atoms with Crippen molar-refractivity contribution in [2.75, 3.05) is 25.5 Å². The molecule has 1 aliphatic rings. The molecule has 4 rings (SSSR count). The molecule has 1 saturated heterocycles. The van der Waals surface area contributed by atoms with Crippen LogP contribution in [0.5, 0.6) is 0 Å². The number of nitrogens with zero attached hydrogens (tertiary/aromatic N) is 2.